The van der Waals surface area contributed by atoms with Gasteiger partial charge in [0.15, 0.2) is 0 Å². The fourth-order valence-corrected chi connectivity index (χ4v) is 2.41. The first-order valence-corrected chi connectivity index (χ1v) is 7.18. The smallest absolute Gasteiger partial charge is 0.398 e. The minimum atomic E-state index is -0.453. The van der Waals surface area contributed by atoms with Crippen LogP contribution in [0.1, 0.15) is 52.3 Å². The van der Waals surface area contributed by atoms with E-state index in [4.69, 9.17) is 14.0 Å². The van der Waals surface area contributed by atoms with Crippen LogP contribution < -0.4 is 5.59 Å². The highest BCUT2D eigenvalue weighted by Crippen LogP contribution is 2.36. The molecule has 3 heterocycles. The van der Waals surface area contributed by atoms with Crippen molar-refractivity contribution >= 4 is 12.7 Å². The van der Waals surface area contributed by atoms with Gasteiger partial charge >= 0.3 is 7.12 Å². The number of hydrogen-bond donors (Lipinski definition) is 0. The molecule has 0 amide bonds. The second-order valence-corrected chi connectivity index (χ2v) is 6.46. The van der Waals surface area contributed by atoms with Gasteiger partial charge < -0.3 is 14.0 Å². The summed E-state index contributed by atoms with van der Waals surface area (Å²) in [6.07, 6.45) is 5.71. The van der Waals surface area contributed by atoms with Gasteiger partial charge in [0.1, 0.15) is 6.10 Å². The molecule has 1 unspecified atom stereocenters. The summed E-state index contributed by atoms with van der Waals surface area (Å²) >= 11 is 0. The van der Waals surface area contributed by atoms with Gasteiger partial charge in [-0.3, -0.25) is 9.97 Å². The molecule has 0 aromatic carbocycles. The average molecular weight is 276 g/mol. The van der Waals surface area contributed by atoms with E-state index in [0.29, 0.717) is 5.59 Å². The van der Waals surface area contributed by atoms with Gasteiger partial charge in [0.05, 0.1) is 28.7 Å². The van der Waals surface area contributed by atoms with Crippen LogP contribution in [0.5, 0.6) is 0 Å². The van der Waals surface area contributed by atoms with E-state index >= 15 is 0 Å². The van der Waals surface area contributed by atoms with Crippen molar-refractivity contribution in [2.75, 3.05) is 6.61 Å². The van der Waals surface area contributed by atoms with Crippen molar-refractivity contribution in [2.45, 2.75) is 57.8 Å². The van der Waals surface area contributed by atoms with Gasteiger partial charge in [0, 0.05) is 12.8 Å². The highest BCUT2D eigenvalue weighted by Gasteiger charge is 2.52. The van der Waals surface area contributed by atoms with Crippen molar-refractivity contribution in [2.24, 2.45) is 0 Å². The first kappa shape index (κ1) is 14.0. The van der Waals surface area contributed by atoms with Crippen LogP contribution in [-0.4, -0.2) is 34.9 Å². The van der Waals surface area contributed by atoms with E-state index in [2.05, 4.69) is 9.97 Å². The lowest BCUT2D eigenvalue weighted by Crippen LogP contribution is -2.41. The zero-order valence-electron chi connectivity index (χ0n) is 12.5. The lowest BCUT2D eigenvalue weighted by atomic mass is 9.85. The maximum Gasteiger partial charge on any atom is 0.516 e. The van der Waals surface area contributed by atoms with E-state index in [1.54, 1.807) is 12.4 Å². The second-order valence-electron chi connectivity index (χ2n) is 6.46. The Morgan fingerprint density at radius 1 is 1.10 bits per heavy atom. The van der Waals surface area contributed by atoms with Gasteiger partial charge in [-0.1, -0.05) is 0 Å². The molecule has 1 atom stereocenters. The van der Waals surface area contributed by atoms with Gasteiger partial charge in [0.25, 0.3) is 0 Å². The van der Waals surface area contributed by atoms with E-state index in [1.165, 1.54) is 0 Å². The molecule has 0 bridgehead atoms. The Kier molecular flexibility index (Phi) is 3.35. The number of rotatable bonds is 2. The SMILES string of the molecule is CC1(C)OB(c2cnc(C3CCCO3)cn2)OC1(C)C. The molecule has 2 aliphatic rings. The minimum Gasteiger partial charge on any atom is -0.398 e. The van der Waals surface area contributed by atoms with E-state index in [9.17, 15) is 0 Å². The molecular formula is C14H21BN2O3. The van der Waals surface area contributed by atoms with Crippen LogP contribution >= 0.6 is 0 Å². The quantitative estimate of drug-likeness (QED) is 0.768. The summed E-state index contributed by atoms with van der Waals surface area (Å²) in [6.45, 7) is 8.93. The molecule has 5 nitrogen and oxygen atoms in total. The van der Waals surface area contributed by atoms with Crippen molar-refractivity contribution in [3.05, 3.63) is 18.1 Å². The highest BCUT2D eigenvalue weighted by atomic mass is 16.7. The first-order chi connectivity index (χ1) is 9.39. The lowest BCUT2D eigenvalue weighted by molar-refractivity contribution is 0.00578. The zero-order valence-corrected chi connectivity index (χ0v) is 12.5. The second kappa shape index (κ2) is 4.79. The molecule has 0 N–H and O–H groups in total. The molecule has 2 aliphatic heterocycles. The highest BCUT2D eigenvalue weighted by molar-refractivity contribution is 6.61. The normalized spacial score (nSPS) is 28.0. The molecule has 0 saturated carbocycles. The van der Waals surface area contributed by atoms with Crippen molar-refractivity contribution in [3.63, 3.8) is 0 Å². The summed E-state index contributed by atoms with van der Waals surface area (Å²) in [7, 11) is -0.453. The first-order valence-electron chi connectivity index (χ1n) is 7.18. The summed E-state index contributed by atoms with van der Waals surface area (Å²) < 4.78 is 17.5. The summed E-state index contributed by atoms with van der Waals surface area (Å²) in [5, 5.41) is 0. The van der Waals surface area contributed by atoms with Crippen LogP contribution in [0, 0.1) is 0 Å². The average Bonchev–Trinajstić information content (AvgIpc) is 2.97. The molecule has 3 rings (SSSR count). The Morgan fingerprint density at radius 3 is 2.30 bits per heavy atom. The van der Waals surface area contributed by atoms with Gasteiger partial charge in [-0.05, 0) is 40.5 Å². The van der Waals surface area contributed by atoms with Gasteiger partial charge in [-0.25, -0.2) is 0 Å². The number of aromatic nitrogens is 2. The Labute approximate surface area is 120 Å². The predicted molar refractivity (Wildman–Crippen MR) is 75.7 cm³/mol. The summed E-state index contributed by atoms with van der Waals surface area (Å²) in [6, 6.07) is 0. The topological polar surface area (TPSA) is 53.5 Å². The summed E-state index contributed by atoms with van der Waals surface area (Å²) in [4.78, 5) is 8.90. The van der Waals surface area contributed by atoms with Gasteiger partial charge in [-0.15, -0.1) is 0 Å². The lowest BCUT2D eigenvalue weighted by Gasteiger charge is -2.32. The molecule has 1 aromatic heterocycles. The molecule has 6 heteroatoms. The van der Waals surface area contributed by atoms with Gasteiger partial charge in [-0.2, -0.15) is 0 Å². The molecule has 1 aromatic rings. The van der Waals surface area contributed by atoms with Crippen molar-refractivity contribution in [3.8, 4) is 0 Å². The van der Waals surface area contributed by atoms with Gasteiger partial charge in [0.2, 0.25) is 0 Å². The van der Waals surface area contributed by atoms with E-state index < -0.39 is 7.12 Å². The minimum absolute atomic E-state index is 0.0925. The maximum atomic E-state index is 5.96. The van der Waals surface area contributed by atoms with Crippen LogP contribution in [0.2, 0.25) is 0 Å². The molecule has 108 valence electrons. The molecule has 0 aliphatic carbocycles. The fourth-order valence-electron chi connectivity index (χ4n) is 2.41. The van der Waals surface area contributed by atoms with E-state index in [-0.39, 0.29) is 17.3 Å². The third-order valence-corrected chi connectivity index (χ3v) is 4.45. The van der Waals surface area contributed by atoms with Crippen molar-refractivity contribution in [1.29, 1.82) is 0 Å². The zero-order chi connectivity index (χ0) is 14.4. The van der Waals surface area contributed by atoms with Crippen molar-refractivity contribution < 1.29 is 14.0 Å². The van der Waals surface area contributed by atoms with Crippen LogP contribution in [0.4, 0.5) is 0 Å². The third kappa shape index (κ3) is 2.36. The summed E-state index contributed by atoms with van der Waals surface area (Å²) in [5.41, 5.74) is 0.896. The Balaban J connectivity index is 1.75. The van der Waals surface area contributed by atoms with Crippen molar-refractivity contribution in [1.82, 2.24) is 9.97 Å². The number of nitrogens with zero attached hydrogens (tertiary/aromatic N) is 2. The Hall–Kier alpha value is -0.975. The van der Waals surface area contributed by atoms with E-state index in [1.807, 2.05) is 27.7 Å². The largest absolute Gasteiger partial charge is 0.516 e. The maximum absolute atomic E-state index is 5.96. The molecular weight excluding hydrogens is 255 g/mol. The summed E-state index contributed by atoms with van der Waals surface area (Å²) in [5.74, 6) is 0. The van der Waals surface area contributed by atoms with Crippen LogP contribution in [0.15, 0.2) is 12.4 Å². The fraction of sp³-hybridized carbons (Fsp3) is 0.714. The molecule has 0 radical (unpaired) electrons. The molecule has 2 fully saturated rings. The standard InChI is InChI=1S/C14H21BN2O3/c1-13(2)14(3,4)20-15(19-13)12-9-16-10(8-17-12)11-6-5-7-18-11/h8-9,11H,5-7H2,1-4H3. The van der Waals surface area contributed by atoms with E-state index in [0.717, 1.165) is 25.1 Å². The molecule has 2 saturated heterocycles. The van der Waals surface area contributed by atoms with Crippen LogP contribution in [0.3, 0.4) is 0 Å². The Bertz CT molecular complexity index is 468. The molecule has 20 heavy (non-hydrogen) atoms. The number of hydrogen-bond acceptors (Lipinski definition) is 5. The molecule has 0 spiro atoms. The Morgan fingerprint density at radius 2 is 1.80 bits per heavy atom. The number of ether oxygens (including phenoxy) is 1. The third-order valence-electron chi connectivity index (χ3n) is 4.45. The monoisotopic (exact) mass is 276 g/mol. The predicted octanol–water partition coefficient (Wildman–Crippen LogP) is 1.63. The van der Waals surface area contributed by atoms with Crippen LogP contribution in [-0.2, 0) is 14.0 Å². The van der Waals surface area contributed by atoms with Crippen LogP contribution in [0.25, 0.3) is 0 Å².